The van der Waals surface area contributed by atoms with E-state index in [0.717, 1.165) is 29.9 Å². The molecule has 0 spiro atoms. The standard InChI is InChI=1S/C12H17N3O/c1-3-14(2)12(16)15-8-7-9-10(13)5-4-6-11(9)15/h4-6H,3,7-8,13H2,1-2H3. The Morgan fingerprint density at radius 3 is 3.00 bits per heavy atom. The number of nitrogens with zero attached hydrogens (tertiary/aromatic N) is 2. The van der Waals surface area contributed by atoms with E-state index in [2.05, 4.69) is 0 Å². The second-order valence-corrected chi connectivity index (χ2v) is 4.04. The van der Waals surface area contributed by atoms with Crippen molar-refractivity contribution < 1.29 is 4.79 Å². The monoisotopic (exact) mass is 219 g/mol. The molecule has 2 rings (SSSR count). The van der Waals surface area contributed by atoms with Crippen LogP contribution in [0.1, 0.15) is 12.5 Å². The summed E-state index contributed by atoms with van der Waals surface area (Å²) in [5.74, 6) is 0. The van der Waals surface area contributed by atoms with Crippen molar-refractivity contribution in [3.63, 3.8) is 0 Å². The van der Waals surface area contributed by atoms with Gasteiger partial charge in [-0.3, -0.25) is 4.90 Å². The molecule has 0 fully saturated rings. The van der Waals surface area contributed by atoms with E-state index in [4.69, 9.17) is 5.73 Å². The lowest BCUT2D eigenvalue weighted by atomic mass is 10.1. The predicted molar refractivity (Wildman–Crippen MR) is 65.6 cm³/mol. The maximum atomic E-state index is 12.1. The lowest BCUT2D eigenvalue weighted by Crippen LogP contribution is -2.40. The van der Waals surface area contributed by atoms with Crippen LogP contribution in [0.15, 0.2) is 18.2 Å². The Morgan fingerprint density at radius 1 is 1.56 bits per heavy atom. The van der Waals surface area contributed by atoms with Gasteiger partial charge in [0, 0.05) is 31.4 Å². The van der Waals surface area contributed by atoms with Crippen LogP contribution in [-0.2, 0) is 6.42 Å². The van der Waals surface area contributed by atoms with Crippen LogP contribution in [0.2, 0.25) is 0 Å². The average Bonchev–Trinajstić information content (AvgIpc) is 2.72. The number of rotatable bonds is 1. The normalized spacial score (nSPS) is 13.8. The molecule has 0 aromatic heterocycles. The molecule has 1 heterocycles. The second kappa shape index (κ2) is 4.04. The molecular formula is C12H17N3O. The van der Waals surface area contributed by atoms with Crippen molar-refractivity contribution in [3.05, 3.63) is 23.8 Å². The number of carbonyl (C=O) groups is 1. The zero-order valence-corrected chi connectivity index (χ0v) is 9.73. The van der Waals surface area contributed by atoms with E-state index in [1.54, 1.807) is 9.80 Å². The molecule has 16 heavy (non-hydrogen) atoms. The van der Waals surface area contributed by atoms with E-state index in [1.165, 1.54) is 0 Å². The summed E-state index contributed by atoms with van der Waals surface area (Å²) in [5.41, 5.74) is 8.74. The molecule has 4 nitrogen and oxygen atoms in total. The van der Waals surface area contributed by atoms with Gasteiger partial charge in [-0.1, -0.05) is 6.07 Å². The zero-order chi connectivity index (χ0) is 11.7. The van der Waals surface area contributed by atoms with Gasteiger partial charge in [-0.25, -0.2) is 4.79 Å². The third-order valence-corrected chi connectivity index (χ3v) is 3.10. The van der Waals surface area contributed by atoms with Crippen LogP contribution in [0.25, 0.3) is 0 Å². The van der Waals surface area contributed by atoms with E-state index >= 15 is 0 Å². The van der Waals surface area contributed by atoms with Gasteiger partial charge in [0.15, 0.2) is 0 Å². The summed E-state index contributed by atoms with van der Waals surface area (Å²) in [7, 11) is 1.81. The molecule has 1 aliphatic rings. The van der Waals surface area contributed by atoms with Crippen LogP contribution in [-0.4, -0.2) is 31.1 Å². The Kier molecular flexibility index (Phi) is 2.73. The van der Waals surface area contributed by atoms with Crippen LogP contribution >= 0.6 is 0 Å². The number of benzene rings is 1. The highest BCUT2D eigenvalue weighted by molar-refractivity contribution is 5.95. The van der Waals surface area contributed by atoms with E-state index in [-0.39, 0.29) is 6.03 Å². The summed E-state index contributed by atoms with van der Waals surface area (Å²) < 4.78 is 0. The first kappa shape index (κ1) is 10.8. The largest absolute Gasteiger partial charge is 0.398 e. The fourth-order valence-corrected chi connectivity index (χ4v) is 2.00. The van der Waals surface area contributed by atoms with Crippen molar-refractivity contribution in [1.82, 2.24) is 4.90 Å². The number of hydrogen-bond donors (Lipinski definition) is 1. The molecule has 0 saturated carbocycles. The fraction of sp³-hybridized carbons (Fsp3) is 0.417. The Balaban J connectivity index is 2.30. The molecular weight excluding hydrogens is 202 g/mol. The van der Waals surface area contributed by atoms with Crippen LogP contribution in [0.5, 0.6) is 0 Å². The Morgan fingerprint density at radius 2 is 2.31 bits per heavy atom. The van der Waals surface area contributed by atoms with Gasteiger partial charge in [-0.15, -0.1) is 0 Å². The molecule has 2 N–H and O–H groups in total. The third kappa shape index (κ3) is 1.60. The summed E-state index contributed by atoms with van der Waals surface area (Å²) in [6.45, 7) is 3.41. The van der Waals surface area contributed by atoms with E-state index in [0.29, 0.717) is 6.54 Å². The number of urea groups is 1. The minimum atomic E-state index is 0.0480. The number of nitrogen functional groups attached to an aromatic ring is 1. The molecule has 86 valence electrons. The number of hydrogen-bond acceptors (Lipinski definition) is 2. The van der Waals surface area contributed by atoms with Crippen LogP contribution in [0.3, 0.4) is 0 Å². The molecule has 0 unspecified atom stereocenters. The van der Waals surface area contributed by atoms with Crippen molar-refractivity contribution >= 4 is 17.4 Å². The first-order chi connectivity index (χ1) is 7.65. The van der Waals surface area contributed by atoms with Gasteiger partial charge < -0.3 is 10.6 Å². The smallest absolute Gasteiger partial charge is 0.324 e. The molecule has 0 atom stereocenters. The first-order valence-corrected chi connectivity index (χ1v) is 5.55. The predicted octanol–water partition coefficient (Wildman–Crippen LogP) is 1.70. The summed E-state index contributed by atoms with van der Waals surface area (Å²) in [6, 6.07) is 5.79. The van der Waals surface area contributed by atoms with Crippen molar-refractivity contribution in [2.75, 3.05) is 30.8 Å². The summed E-state index contributed by atoms with van der Waals surface area (Å²) in [6.07, 6.45) is 0.852. The topological polar surface area (TPSA) is 49.6 Å². The Hall–Kier alpha value is -1.71. The first-order valence-electron chi connectivity index (χ1n) is 5.55. The van der Waals surface area contributed by atoms with Crippen LogP contribution in [0.4, 0.5) is 16.2 Å². The molecule has 1 aliphatic heterocycles. The Labute approximate surface area is 95.6 Å². The highest BCUT2D eigenvalue weighted by atomic mass is 16.2. The third-order valence-electron chi connectivity index (χ3n) is 3.10. The van der Waals surface area contributed by atoms with Crippen molar-refractivity contribution in [3.8, 4) is 0 Å². The lowest BCUT2D eigenvalue weighted by Gasteiger charge is -2.24. The number of carbonyl (C=O) groups excluding carboxylic acids is 1. The van der Waals surface area contributed by atoms with Gasteiger partial charge in [-0.05, 0) is 25.5 Å². The van der Waals surface area contributed by atoms with Crippen LogP contribution < -0.4 is 10.6 Å². The lowest BCUT2D eigenvalue weighted by molar-refractivity contribution is 0.218. The Bertz CT molecular complexity index is 417. The highest BCUT2D eigenvalue weighted by Crippen LogP contribution is 2.32. The molecule has 0 bridgehead atoms. The summed E-state index contributed by atoms with van der Waals surface area (Å²) >= 11 is 0. The number of nitrogens with two attached hydrogens (primary N) is 1. The van der Waals surface area contributed by atoms with Gasteiger partial charge >= 0.3 is 6.03 Å². The molecule has 4 heteroatoms. The van der Waals surface area contributed by atoms with Crippen molar-refractivity contribution in [2.24, 2.45) is 0 Å². The van der Waals surface area contributed by atoms with Gasteiger partial charge in [0.2, 0.25) is 0 Å². The highest BCUT2D eigenvalue weighted by Gasteiger charge is 2.27. The fourth-order valence-electron chi connectivity index (χ4n) is 2.00. The van der Waals surface area contributed by atoms with Gasteiger partial charge in [0.1, 0.15) is 0 Å². The quantitative estimate of drug-likeness (QED) is 0.731. The zero-order valence-electron chi connectivity index (χ0n) is 9.73. The molecule has 2 amide bonds. The maximum Gasteiger partial charge on any atom is 0.324 e. The molecule has 0 radical (unpaired) electrons. The molecule has 0 aliphatic carbocycles. The SMILES string of the molecule is CCN(C)C(=O)N1CCc2c(N)cccc21. The van der Waals surface area contributed by atoms with Crippen LogP contribution in [0, 0.1) is 0 Å². The van der Waals surface area contributed by atoms with Gasteiger partial charge in [-0.2, -0.15) is 0 Å². The molecule has 1 aromatic rings. The minimum absolute atomic E-state index is 0.0480. The molecule has 0 saturated heterocycles. The summed E-state index contributed by atoms with van der Waals surface area (Å²) in [5, 5.41) is 0. The minimum Gasteiger partial charge on any atom is -0.398 e. The number of anilines is 2. The van der Waals surface area contributed by atoms with E-state index < -0.39 is 0 Å². The maximum absolute atomic E-state index is 12.1. The van der Waals surface area contributed by atoms with E-state index in [9.17, 15) is 4.79 Å². The average molecular weight is 219 g/mol. The molecule has 1 aromatic carbocycles. The van der Waals surface area contributed by atoms with Gasteiger partial charge in [0.05, 0.1) is 5.69 Å². The van der Waals surface area contributed by atoms with Crippen molar-refractivity contribution in [1.29, 1.82) is 0 Å². The van der Waals surface area contributed by atoms with Crippen molar-refractivity contribution in [2.45, 2.75) is 13.3 Å². The second-order valence-electron chi connectivity index (χ2n) is 4.04. The van der Waals surface area contributed by atoms with E-state index in [1.807, 2.05) is 32.2 Å². The van der Waals surface area contributed by atoms with Gasteiger partial charge in [0.25, 0.3) is 0 Å². The summed E-state index contributed by atoms with van der Waals surface area (Å²) in [4.78, 5) is 15.6. The number of fused-ring (bicyclic) bond motifs is 1. The number of amides is 2.